The van der Waals surface area contributed by atoms with Crippen molar-refractivity contribution in [3.8, 4) is 11.4 Å². The number of amides is 2. The third kappa shape index (κ3) is 4.67. The van der Waals surface area contributed by atoms with Crippen molar-refractivity contribution in [2.45, 2.75) is 46.7 Å². The Balaban J connectivity index is 1.59. The summed E-state index contributed by atoms with van der Waals surface area (Å²) in [5, 5.41) is 7.47. The van der Waals surface area contributed by atoms with Crippen LogP contribution < -0.4 is 5.32 Å². The SMILES string of the molecule is CCc1ccc(C2NC(=O)N(Cc3cccc(C)c3)C(C)=C2c2nc(-c3cccc(C)c3)no2)cc1. The summed E-state index contributed by atoms with van der Waals surface area (Å²) in [6.07, 6.45) is 0.951. The number of aryl methyl sites for hydroxylation is 3. The summed E-state index contributed by atoms with van der Waals surface area (Å²) in [5.74, 6) is 0.930. The predicted molar refractivity (Wildman–Crippen MR) is 141 cm³/mol. The highest BCUT2D eigenvalue weighted by Gasteiger charge is 2.35. The Labute approximate surface area is 211 Å². The quantitative estimate of drug-likeness (QED) is 0.338. The lowest BCUT2D eigenvalue weighted by molar-refractivity contribution is 0.203. The van der Waals surface area contributed by atoms with E-state index in [0.717, 1.165) is 45.5 Å². The van der Waals surface area contributed by atoms with Crippen molar-refractivity contribution >= 4 is 11.6 Å². The summed E-state index contributed by atoms with van der Waals surface area (Å²) in [6, 6.07) is 24.0. The monoisotopic (exact) mass is 478 g/mol. The molecule has 0 saturated carbocycles. The van der Waals surface area contributed by atoms with Crippen LogP contribution in [0.2, 0.25) is 0 Å². The van der Waals surface area contributed by atoms with E-state index in [4.69, 9.17) is 9.51 Å². The molecule has 1 N–H and O–H groups in total. The van der Waals surface area contributed by atoms with Crippen LogP contribution in [0.4, 0.5) is 4.79 Å². The number of rotatable bonds is 6. The van der Waals surface area contributed by atoms with E-state index in [2.05, 4.69) is 60.7 Å². The Kier molecular flexibility index (Phi) is 6.42. The molecule has 1 aromatic heterocycles. The molecule has 4 aromatic rings. The molecule has 182 valence electrons. The van der Waals surface area contributed by atoms with Crippen molar-refractivity contribution in [1.82, 2.24) is 20.4 Å². The zero-order valence-corrected chi connectivity index (χ0v) is 21.1. The first kappa shape index (κ1) is 23.5. The van der Waals surface area contributed by atoms with E-state index in [9.17, 15) is 4.79 Å². The Morgan fingerprint density at radius 3 is 2.33 bits per heavy atom. The molecule has 2 amide bonds. The minimum Gasteiger partial charge on any atom is -0.334 e. The highest BCUT2D eigenvalue weighted by Crippen LogP contribution is 2.38. The van der Waals surface area contributed by atoms with Crippen LogP contribution >= 0.6 is 0 Å². The first-order valence-electron chi connectivity index (χ1n) is 12.3. The van der Waals surface area contributed by atoms with Crippen LogP contribution in [0.25, 0.3) is 17.0 Å². The molecule has 6 heteroatoms. The highest BCUT2D eigenvalue weighted by molar-refractivity contribution is 5.87. The minimum atomic E-state index is -0.400. The van der Waals surface area contributed by atoms with Gasteiger partial charge < -0.3 is 9.84 Å². The van der Waals surface area contributed by atoms with Crippen LogP contribution in [-0.4, -0.2) is 21.1 Å². The van der Waals surface area contributed by atoms with E-state index < -0.39 is 6.04 Å². The summed E-state index contributed by atoms with van der Waals surface area (Å²) in [4.78, 5) is 19.9. The molecule has 0 aliphatic carbocycles. The zero-order chi connectivity index (χ0) is 25.2. The maximum absolute atomic E-state index is 13.4. The Morgan fingerprint density at radius 1 is 0.917 bits per heavy atom. The number of aromatic nitrogens is 2. The molecular formula is C30H30N4O2. The van der Waals surface area contributed by atoms with Crippen LogP contribution in [0.1, 0.15) is 53.6 Å². The molecule has 0 spiro atoms. The second-order valence-corrected chi connectivity index (χ2v) is 9.34. The van der Waals surface area contributed by atoms with Gasteiger partial charge in [-0.15, -0.1) is 0 Å². The number of benzene rings is 3. The van der Waals surface area contributed by atoms with E-state index in [1.807, 2.05) is 50.2 Å². The number of hydrogen-bond donors (Lipinski definition) is 1. The summed E-state index contributed by atoms with van der Waals surface area (Å²) in [6.45, 7) is 8.61. The standard InChI is InChI=1S/C30H30N4O2/c1-5-22-12-14-24(15-13-22)27-26(29-32-28(33-36-29)25-11-7-9-20(3)17-25)21(4)34(30(35)31-27)18-23-10-6-8-19(2)16-23/h6-17,27H,5,18H2,1-4H3,(H,31,35). The summed E-state index contributed by atoms with van der Waals surface area (Å²) in [7, 11) is 0. The first-order chi connectivity index (χ1) is 17.4. The molecule has 1 aliphatic heterocycles. The molecule has 1 unspecified atom stereocenters. The lowest BCUT2D eigenvalue weighted by atomic mass is 9.93. The molecule has 1 aliphatic rings. The third-order valence-corrected chi connectivity index (χ3v) is 6.67. The highest BCUT2D eigenvalue weighted by atomic mass is 16.5. The number of carbonyl (C=O) groups is 1. The fourth-order valence-corrected chi connectivity index (χ4v) is 4.67. The van der Waals surface area contributed by atoms with E-state index >= 15 is 0 Å². The molecular weight excluding hydrogens is 448 g/mol. The number of nitrogens with zero attached hydrogens (tertiary/aromatic N) is 3. The molecule has 3 aromatic carbocycles. The summed E-state index contributed by atoms with van der Waals surface area (Å²) in [5.41, 5.74) is 8.04. The van der Waals surface area contributed by atoms with E-state index in [0.29, 0.717) is 18.3 Å². The van der Waals surface area contributed by atoms with Crippen molar-refractivity contribution in [1.29, 1.82) is 0 Å². The molecule has 5 rings (SSSR count). The van der Waals surface area contributed by atoms with Gasteiger partial charge in [0.2, 0.25) is 5.82 Å². The average molecular weight is 479 g/mol. The van der Waals surface area contributed by atoms with Gasteiger partial charge in [-0.1, -0.05) is 89.9 Å². The molecule has 1 atom stereocenters. The van der Waals surface area contributed by atoms with Crippen LogP contribution in [0, 0.1) is 13.8 Å². The van der Waals surface area contributed by atoms with Crippen molar-refractivity contribution in [3.05, 3.63) is 112 Å². The summed E-state index contributed by atoms with van der Waals surface area (Å²) >= 11 is 0. The minimum absolute atomic E-state index is 0.152. The Bertz CT molecular complexity index is 1440. The largest absolute Gasteiger partial charge is 0.334 e. The second-order valence-electron chi connectivity index (χ2n) is 9.34. The van der Waals surface area contributed by atoms with Gasteiger partial charge in [0, 0.05) is 11.3 Å². The maximum Gasteiger partial charge on any atom is 0.322 e. The fraction of sp³-hybridized carbons (Fsp3) is 0.233. The first-order valence-corrected chi connectivity index (χ1v) is 12.3. The Morgan fingerprint density at radius 2 is 1.64 bits per heavy atom. The van der Waals surface area contributed by atoms with E-state index in [1.165, 1.54) is 5.56 Å². The van der Waals surface area contributed by atoms with Crippen molar-refractivity contribution < 1.29 is 9.32 Å². The van der Waals surface area contributed by atoms with E-state index in [-0.39, 0.29) is 6.03 Å². The number of carbonyl (C=O) groups excluding carboxylic acids is 1. The molecule has 0 bridgehead atoms. The van der Waals surface area contributed by atoms with Crippen molar-refractivity contribution in [2.24, 2.45) is 0 Å². The maximum atomic E-state index is 13.4. The molecule has 2 heterocycles. The number of hydrogen-bond acceptors (Lipinski definition) is 4. The van der Waals surface area contributed by atoms with Crippen molar-refractivity contribution in [3.63, 3.8) is 0 Å². The second kappa shape index (κ2) is 9.82. The molecule has 36 heavy (non-hydrogen) atoms. The van der Waals surface area contributed by atoms with Crippen molar-refractivity contribution in [2.75, 3.05) is 0 Å². The van der Waals surface area contributed by atoms with Gasteiger partial charge >= 0.3 is 6.03 Å². The van der Waals surface area contributed by atoms with Crippen LogP contribution in [0.5, 0.6) is 0 Å². The number of urea groups is 1. The lowest BCUT2D eigenvalue weighted by Crippen LogP contribution is -2.45. The number of allylic oxidation sites excluding steroid dienone is 1. The smallest absolute Gasteiger partial charge is 0.322 e. The predicted octanol–water partition coefficient (Wildman–Crippen LogP) is 6.61. The van der Waals surface area contributed by atoms with Gasteiger partial charge in [0.1, 0.15) is 0 Å². The Hall–Kier alpha value is -4.19. The lowest BCUT2D eigenvalue weighted by Gasteiger charge is -2.35. The average Bonchev–Trinajstić information content (AvgIpc) is 3.36. The summed E-state index contributed by atoms with van der Waals surface area (Å²) < 4.78 is 5.82. The molecule has 6 nitrogen and oxygen atoms in total. The fourth-order valence-electron chi connectivity index (χ4n) is 4.67. The van der Waals surface area contributed by atoms with Gasteiger partial charge in [0.25, 0.3) is 5.89 Å². The van der Waals surface area contributed by atoms with Crippen LogP contribution in [0.15, 0.2) is 83.0 Å². The van der Waals surface area contributed by atoms with Gasteiger partial charge in [-0.05, 0) is 49.9 Å². The number of nitrogens with one attached hydrogen (secondary N) is 1. The topological polar surface area (TPSA) is 71.3 Å². The zero-order valence-electron chi connectivity index (χ0n) is 21.1. The van der Waals surface area contributed by atoms with Crippen LogP contribution in [0.3, 0.4) is 0 Å². The molecule has 0 radical (unpaired) electrons. The normalized spacial score (nSPS) is 15.8. The van der Waals surface area contributed by atoms with Gasteiger partial charge in [0.05, 0.1) is 18.2 Å². The van der Waals surface area contributed by atoms with Gasteiger partial charge in [0.15, 0.2) is 0 Å². The van der Waals surface area contributed by atoms with Gasteiger partial charge in [-0.25, -0.2) is 4.79 Å². The van der Waals surface area contributed by atoms with Gasteiger partial charge in [-0.3, -0.25) is 4.90 Å². The van der Waals surface area contributed by atoms with Crippen LogP contribution in [-0.2, 0) is 13.0 Å². The van der Waals surface area contributed by atoms with Gasteiger partial charge in [-0.2, -0.15) is 4.98 Å². The third-order valence-electron chi connectivity index (χ3n) is 6.67. The molecule has 0 fully saturated rings. The van der Waals surface area contributed by atoms with E-state index in [1.54, 1.807) is 4.90 Å². The molecule has 0 saturated heterocycles.